The lowest BCUT2D eigenvalue weighted by Crippen LogP contribution is -2.12. The molecule has 2 aromatic rings. The summed E-state index contributed by atoms with van der Waals surface area (Å²) < 4.78 is 5.01. The molecule has 0 amide bonds. The lowest BCUT2D eigenvalue weighted by atomic mass is 10.2. The van der Waals surface area contributed by atoms with Gasteiger partial charge < -0.3 is 10.1 Å². The first kappa shape index (κ1) is 14.1. The van der Waals surface area contributed by atoms with Gasteiger partial charge in [0.05, 0.1) is 17.2 Å². The molecule has 2 rings (SSSR count). The fraction of sp³-hybridized carbons (Fsp3) is 0.214. The van der Waals surface area contributed by atoms with Crippen molar-refractivity contribution in [3.8, 4) is 5.88 Å². The third-order valence-electron chi connectivity index (χ3n) is 2.65. The molecule has 5 heteroatoms. The molecular formula is C14H14Cl2N2O. The summed E-state index contributed by atoms with van der Waals surface area (Å²) in [7, 11) is 1.60. The van der Waals surface area contributed by atoms with Crippen molar-refractivity contribution in [3.63, 3.8) is 0 Å². The second-order valence-electron chi connectivity index (χ2n) is 4.06. The Morgan fingerprint density at radius 2 is 1.79 bits per heavy atom. The molecule has 1 N–H and O–H groups in total. The summed E-state index contributed by atoms with van der Waals surface area (Å²) in [5, 5.41) is 4.47. The number of halogens is 2. The van der Waals surface area contributed by atoms with Crippen molar-refractivity contribution in [3.05, 3.63) is 57.7 Å². The van der Waals surface area contributed by atoms with Crippen molar-refractivity contribution in [2.24, 2.45) is 0 Å². The van der Waals surface area contributed by atoms with Crippen molar-refractivity contribution in [1.82, 2.24) is 10.3 Å². The van der Waals surface area contributed by atoms with Crippen LogP contribution in [0, 0.1) is 0 Å². The predicted molar refractivity (Wildman–Crippen MR) is 77.8 cm³/mol. The Morgan fingerprint density at radius 3 is 2.42 bits per heavy atom. The van der Waals surface area contributed by atoms with Crippen LogP contribution >= 0.6 is 23.2 Å². The van der Waals surface area contributed by atoms with E-state index in [-0.39, 0.29) is 0 Å². The van der Waals surface area contributed by atoms with Gasteiger partial charge in [-0.2, -0.15) is 0 Å². The molecular weight excluding hydrogens is 283 g/mol. The van der Waals surface area contributed by atoms with Crippen molar-refractivity contribution in [2.75, 3.05) is 7.11 Å². The standard InChI is InChI=1S/C14H14Cl2N2O/c1-19-14-5-3-11(9-18-14)8-17-7-10-2-4-12(15)13(16)6-10/h2-6,9,17H,7-8H2,1H3. The number of benzene rings is 1. The van der Waals surface area contributed by atoms with Crippen LogP contribution in [0.25, 0.3) is 0 Å². The Labute approximate surface area is 122 Å². The Bertz CT molecular complexity index is 544. The summed E-state index contributed by atoms with van der Waals surface area (Å²) >= 11 is 11.8. The van der Waals surface area contributed by atoms with Gasteiger partial charge in [0, 0.05) is 25.4 Å². The molecule has 0 radical (unpaired) electrons. The average Bonchev–Trinajstić information content (AvgIpc) is 2.43. The lowest BCUT2D eigenvalue weighted by molar-refractivity contribution is 0.397. The molecule has 19 heavy (non-hydrogen) atoms. The summed E-state index contributed by atoms with van der Waals surface area (Å²) in [6, 6.07) is 9.44. The summed E-state index contributed by atoms with van der Waals surface area (Å²) in [5.74, 6) is 0.619. The first-order valence-corrected chi connectivity index (χ1v) is 6.58. The first-order chi connectivity index (χ1) is 9.19. The fourth-order valence-electron chi connectivity index (χ4n) is 1.64. The number of nitrogens with zero attached hydrogens (tertiary/aromatic N) is 1. The highest BCUT2D eigenvalue weighted by Gasteiger charge is 2.00. The van der Waals surface area contributed by atoms with Crippen LogP contribution < -0.4 is 10.1 Å². The average molecular weight is 297 g/mol. The summed E-state index contributed by atoms with van der Waals surface area (Å²) in [4.78, 5) is 4.15. The van der Waals surface area contributed by atoms with Crippen LogP contribution in [-0.2, 0) is 13.1 Å². The molecule has 0 aliphatic carbocycles. The number of hydrogen-bond acceptors (Lipinski definition) is 3. The Hall–Kier alpha value is -1.29. The molecule has 0 fully saturated rings. The highest BCUT2D eigenvalue weighted by molar-refractivity contribution is 6.42. The third kappa shape index (κ3) is 4.10. The maximum atomic E-state index is 5.96. The quantitative estimate of drug-likeness (QED) is 0.914. The topological polar surface area (TPSA) is 34.1 Å². The van der Waals surface area contributed by atoms with E-state index in [1.54, 1.807) is 19.4 Å². The molecule has 0 unspecified atom stereocenters. The molecule has 0 aliphatic heterocycles. The van der Waals surface area contributed by atoms with Crippen molar-refractivity contribution in [1.29, 1.82) is 0 Å². The Morgan fingerprint density at radius 1 is 1.05 bits per heavy atom. The summed E-state index contributed by atoms with van der Waals surface area (Å²) in [5.41, 5.74) is 2.19. The van der Waals surface area contributed by atoms with E-state index in [1.807, 2.05) is 24.3 Å². The van der Waals surface area contributed by atoms with Crippen molar-refractivity contribution in [2.45, 2.75) is 13.1 Å². The van der Waals surface area contributed by atoms with Gasteiger partial charge in [0.1, 0.15) is 0 Å². The van der Waals surface area contributed by atoms with Gasteiger partial charge in [-0.3, -0.25) is 0 Å². The van der Waals surface area contributed by atoms with Gasteiger partial charge in [-0.1, -0.05) is 35.3 Å². The van der Waals surface area contributed by atoms with Crippen molar-refractivity contribution < 1.29 is 4.74 Å². The molecule has 3 nitrogen and oxygen atoms in total. The molecule has 1 aromatic heterocycles. The minimum absolute atomic E-state index is 0.574. The molecule has 0 saturated heterocycles. The maximum absolute atomic E-state index is 5.96. The maximum Gasteiger partial charge on any atom is 0.212 e. The van der Waals surface area contributed by atoms with Crippen LogP contribution in [0.2, 0.25) is 10.0 Å². The number of aromatic nitrogens is 1. The normalized spacial score (nSPS) is 10.5. The van der Waals surface area contributed by atoms with Gasteiger partial charge in [-0.25, -0.2) is 4.98 Å². The lowest BCUT2D eigenvalue weighted by Gasteiger charge is -2.06. The van der Waals surface area contributed by atoms with Crippen LogP contribution in [0.1, 0.15) is 11.1 Å². The van der Waals surface area contributed by atoms with Crippen LogP contribution in [0.15, 0.2) is 36.5 Å². The minimum atomic E-state index is 0.574. The second-order valence-corrected chi connectivity index (χ2v) is 4.88. The zero-order valence-electron chi connectivity index (χ0n) is 10.5. The number of nitrogens with one attached hydrogen (secondary N) is 1. The number of hydrogen-bond donors (Lipinski definition) is 1. The molecule has 0 bridgehead atoms. The van der Waals surface area contributed by atoms with Gasteiger partial charge in [-0.05, 0) is 23.3 Å². The van der Waals surface area contributed by atoms with Gasteiger partial charge in [-0.15, -0.1) is 0 Å². The van der Waals surface area contributed by atoms with E-state index >= 15 is 0 Å². The number of ether oxygens (including phenoxy) is 1. The second kappa shape index (κ2) is 6.75. The van der Waals surface area contributed by atoms with Crippen molar-refractivity contribution >= 4 is 23.2 Å². The third-order valence-corrected chi connectivity index (χ3v) is 3.39. The van der Waals surface area contributed by atoms with E-state index in [2.05, 4.69) is 10.3 Å². The fourth-order valence-corrected chi connectivity index (χ4v) is 1.96. The zero-order valence-corrected chi connectivity index (χ0v) is 12.0. The van der Waals surface area contributed by atoms with Crippen LogP contribution in [-0.4, -0.2) is 12.1 Å². The molecule has 0 aliphatic rings. The monoisotopic (exact) mass is 296 g/mol. The number of rotatable bonds is 5. The van der Waals surface area contributed by atoms with E-state index < -0.39 is 0 Å². The highest BCUT2D eigenvalue weighted by atomic mass is 35.5. The Kier molecular flexibility index (Phi) is 5.02. The number of methoxy groups -OCH3 is 1. The number of pyridine rings is 1. The molecule has 100 valence electrons. The minimum Gasteiger partial charge on any atom is -0.481 e. The molecule has 1 aromatic carbocycles. The molecule has 0 spiro atoms. The van der Waals surface area contributed by atoms with Gasteiger partial charge in [0.15, 0.2) is 0 Å². The van der Waals surface area contributed by atoms with Gasteiger partial charge in [0.2, 0.25) is 5.88 Å². The van der Waals surface area contributed by atoms with E-state index in [0.29, 0.717) is 15.9 Å². The largest absolute Gasteiger partial charge is 0.481 e. The predicted octanol–water partition coefficient (Wildman–Crippen LogP) is 3.69. The highest BCUT2D eigenvalue weighted by Crippen LogP contribution is 2.22. The SMILES string of the molecule is COc1ccc(CNCc2ccc(Cl)c(Cl)c2)cn1. The summed E-state index contributed by atoms with van der Waals surface area (Å²) in [6.07, 6.45) is 1.79. The van der Waals surface area contributed by atoms with E-state index in [1.165, 1.54) is 0 Å². The zero-order chi connectivity index (χ0) is 13.7. The molecule has 0 atom stereocenters. The first-order valence-electron chi connectivity index (χ1n) is 5.82. The summed E-state index contributed by atoms with van der Waals surface area (Å²) in [6.45, 7) is 1.46. The Balaban J connectivity index is 1.86. The van der Waals surface area contributed by atoms with Gasteiger partial charge >= 0.3 is 0 Å². The molecule has 1 heterocycles. The van der Waals surface area contributed by atoms with E-state index in [0.717, 1.165) is 24.2 Å². The van der Waals surface area contributed by atoms with E-state index in [4.69, 9.17) is 27.9 Å². The van der Waals surface area contributed by atoms with E-state index in [9.17, 15) is 0 Å². The smallest absolute Gasteiger partial charge is 0.212 e. The van der Waals surface area contributed by atoms with Gasteiger partial charge in [0.25, 0.3) is 0 Å². The van der Waals surface area contributed by atoms with Crippen LogP contribution in [0.3, 0.4) is 0 Å². The van der Waals surface area contributed by atoms with Crippen LogP contribution in [0.5, 0.6) is 5.88 Å². The van der Waals surface area contributed by atoms with Crippen LogP contribution in [0.4, 0.5) is 0 Å². The molecule has 0 saturated carbocycles.